The molecule has 0 aliphatic rings. The zero-order chi connectivity index (χ0) is 13.6. The van der Waals surface area contributed by atoms with Crippen LogP contribution in [-0.4, -0.2) is 37.4 Å². The van der Waals surface area contributed by atoms with Crippen LogP contribution in [0.5, 0.6) is 0 Å². The van der Waals surface area contributed by atoms with E-state index in [-0.39, 0.29) is 18.1 Å². The third kappa shape index (κ3) is 3.97. The summed E-state index contributed by atoms with van der Waals surface area (Å²) in [5.74, 6) is 4.84. The number of pyridine rings is 1. The van der Waals surface area contributed by atoms with Crippen LogP contribution in [0.2, 0.25) is 0 Å². The van der Waals surface area contributed by atoms with Crippen LogP contribution in [0.1, 0.15) is 17.3 Å². The smallest absolute Gasteiger partial charge is 0.253 e. The normalized spacial score (nSPS) is 11.0. The van der Waals surface area contributed by atoms with Gasteiger partial charge < -0.3 is 10.7 Å². The second-order valence-electron chi connectivity index (χ2n) is 3.56. The minimum atomic E-state index is -3.08. The molecule has 1 amide bonds. The molecule has 0 bridgehead atoms. The number of nitrogens with one attached hydrogen (secondary N) is 2. The first-order chi connectivity index (χ1) is 8.50. The average Bonchev–Trinajstić information content (AvgIpc) is 2.38. The minimum Gasteiger partial charge on any atom is -0.351 e. The molecule has 100 valence electrons. The Balaban J connectivity index is 2.61. The second-order valence-corrected chi connectivity index (χ2v) is 6.03. The molecule has 0 aliphatic carbocycles. The lowest BCUT2D eigenvalue weighted by molar-refractivity contribution is 0.0957. The molecule has 0 radical (unpaired) electrons. The molecular formula is C10H16N4O3S. The highest BCUT2D eigenvalue weighted by molar-refractivity contribution is 7.91. The predicted molar refractivity (Wildman–Crippen MR) is 68.7 cm³/mol. The van der Waals surface area contributed by atoms with Crippen molar-refractivity contribution >= 4 is 21.4 Å². The van der Waals surface area contributed by atoms with E-state index in [1.54, 1.807) is 6.92 Å². The van der Waals surface area contributed by atoms with Crippen LogP contribution in [0.4, 0.5) is 5.69 Å². The van der Waals surface area contributed by atoms with Gasteiger partial charge in [0.2, 0.25) is 0 Å². The van der Waals surface area contributed by atoms with Crippen molar-refractivity contribution in [3.05, 3.63) is 24.0 Å². The molecule has 0 aliphatic heterocycles. The van der Waals surface area contributed by atoms with Crippen molar-refractivity contribution in [2.24, 2.45) is 5.84 Å². The van der Waals surface area contributed by atoms with E-state index in [4.69, 9.17) is 5.84 Å². The maximum absolute atomic E-state index is 11.8. The van der Waals surface area contributed by atoms with Crippen molar-refractivity contribution in [3.63, 3.8) is 0 Å². The standard InChI is InChI=1S/C10H16N4O3S/c1-2-18(16,17)6-5-13-10(15)8-3-4-12-7-9(8)14-11/h3-4,7,14H,2,5-6,11H2,1H3,(H,13,15). The van der Waals surface area contributed by atoms with Crippen LogP contribution in [0.15, 0.2) is 18.5 Å². The summed E-state index contributed by atoms with van der Waals surface area (Å²) in [6.45, 7) is 1.64. The predicted octanol–water partition coefficient (Wildman–Crippen LogP) is -0.468. The summed E-state index contributed by atoms with van der Waals surface area (Å²) in [5.41, 5.74) is 3.06. The van der Waals surface area contributed by atoms with Crippen LogP contribution in [-0.2, 0) is 9.84 Å². The van der Waals surface area contributed by atoms with Gasteiger partial charge in [0.05, 0.1) is 23.2 Å². The Morgan fingerprint density at radius 2 is 2.22 bits per heavy atom. The fourth-order valence-corrected chi connectivity index (χ4v) is 1.97. The van der Waals surface area contributed by atoms with Gasteiger partial charge in [0.15, 0.2) is 9.84 Å². The van der Waals surface area contributed by atoms with Crippen molar-refractivity contribution in [1.82, 2.24) is 10.3 Å². The summed E-state index contributed by atoms with van der Waals surface area (Å²) in [6.07, 6.45) is 2.87. The number of rotatable bonds is 6. The summed E-state index contributed by atoms with van der Waals surface area (Å²) < 4.78 is 22.5. The molecule has 0 atom stereocenters. The first-order valence-corrected chi connectivity index (χ1v) is 7.21. The van der Waals surface area contributed by atoms with Gasteiger partial charge in [-0.3, -0.25) is 15.6 Å². The second kappa shape index (κ2) is 6.31. The Morgan fingerprint density at radius 1 is 1.50 bits per heavy atom. The number of nitrogen functional groups attached to an aromatic ring is 1. The van der Waals surface area contributed by atoms with Gasteiger partial charge in [0.25, 0.3) is 5.91 Å². The fourth-order valence-electron chi connectivity index (χ4n) is 1.27. The van der Waals surface area contributed by atoms with Gasteiger partial charge in [0, 0.05) is 18.5 Å². The Morgan fingerprint density at radius 3 is 2.83 bits per heavy atom. The third-order valence-corrected chi connectivity index (χ3v) is 4.07. The lowest BCUT2D eigenvalue weighted by Crippen LogP contribution is -2.30. The molecule has 1 aromatic rings. The van der Waals surface area contributed by atoms with E-state index in [2.05, 4.69) is 15.7 Å². The number of nitrogens with zero attached hydrogens (tertiary/aromatic N) is 1. The highest BCUT2D eigenvalue weighted by atomic mass is 32.2. The van der Waals surface area contributed by atoms with E-state index in [0.717, 1.165) is 0 Å². The molecule has 0 unspecified atom stereocenters. The Labute approximate surface area is 106 Å². The molecule has 7 nitrogen and oxygen atoms in total. The van der Waals surface area contributed by atoms with Gasteiger partial charge in [-0.2, -0.15) is 0 Å². The van der Waals surface area contributed by atoms with Gasteiger partial charge in [-0.15, -0.1) is 0 Å². The van der Waals surface area contributed by atoms with Crippen molar-refractivity contribution in [2.45, 2.75) is 6.92 Å². The SMILES string of the molecule is CCS(=O)(=O)CCNC(=O)c1ccncc1NN. The number of hydrogen-bond donors (Lipinski definition) is 3. The van der Waals surface area contributed by atoms with Crippen LogP contribution in [0.25, 0.3) is 0 Å². The van der Waals surface area contributed by atoms with Gasteiger partial charge in [-0.05, 0) is 6.07 Å². The Bertz CT molecular complexity index is 516. The van der Waals surface area contributed by atoms with Gasteiger partial charge in [-0.1, -0.05) is 6.92 Å². The number of hydrazine groups is 1. The number of sulfone groups is 1. The van der Waals surface area contributed by atoms with Crippen molar-refractivity contribution in [1.29, 1.82) is 0 Å². The molecule has 0 saturated carbocycles. The number of hydrogen-bond acceptors (Lipinski definition) is 6. The number of carbonyl (C=O) groups is 1. The molecule has 4 N–H and O–H groups in total. The van der Waals surface area contributed by atoms with Crippen LogP contribution >= 0.6 is 0 Å². The number of carbonyl (C=O) groups excluding carboxylic acids is 1. The Hall–Kier alpha value is -1.67. The maximum atomic E-state index is 11.8. The molecule has 0 spiro atoms. The summed E-state index contributed by atoms with van der Waals surface area (Å²) >= 11 is 0. The summed E-state index contributed by atoms with van der Waals surface area (Å²) in [4.78, 5) is 15.6. The number of amides is 1. The van der Waals surface area contributed by atoms with Crippen molar-refractivity contribution in [2.75, 3.05) is 23.5 Å². The molecule has 0 saturated heterocycles. The van der Waals surface area contributed by atoms with E-state index in [1.807, 2.05) is 0 Å². The van der Waals surface area contributed by atoms with Crippen molar-refractivity contribution < 1.29 is 13.2 Å². The van der Waals surface area contributed by atoms with E-state index in [0.29, 0.717) is 11.3 Å². The van der Waals surface area contributed by atoms with Gasteiger partial charge >= 0.3 is 0 Å². The van der Waals surface area contributed by atoms with E-state index >= 15 is 0 Å². The van der Waals surface area contributed by atoms with E-state index in [1.165, 1.54) is 18.5 Å². The van der Waals surface area contributed by atoms with Crippen LogP contribution < -0.4 is 16.6 Å². The highest BCUT2D eigenvalue weighted by Gasteiger charge is 2.12. The first kappa shape index (κ1) is 14.4. The topological polar surface area (TPSA) is 114 Å². The monoisotopic (exact) mass is 272 g/mol. The van der Waals surface area contributed by atoms with Crippen LogP contribution in [0.3, 0.4) is 0 Å². The number of aromatic nitrogens is 1. The van der Waals surface area contributed by atoms with E-state index in [9.17, 15) is 13.2 Å². The average molecular weight is 272 g/mol. The molecular weight excluding hydrogens is 256 g/mol. The minimum absolute atomic E-state index is 0.0632. The first-order valence-electron chi connectivity index (χ1n) is 5.39. The summed E-state index contributed by atoms with van der Waals surface area (Å²) in [7, 11) is -3.08. The molecule has 0 aromatic carbocycles. The Kier molecular flexibility index (Phi) is 5.05. The zero-order valence-electron chi connectivity index (χ0n) is 10.0. The highest BCUT2D eigenvalue weighted by Crippen LogP contribution is 2.10. The van der Waals surface area contributed by atoms with E-state index < -0.39 is 15.7 Å². The lowest BCUT2D eigenvalue weighted by atomic mass is 10.2. The molecule has 1 rings (SSSR count). The number of anilines is 1. The molecule has 18 heavy (non-hydrogen) atoms. The summed E-state index contributed by atoms with van der Waals surface area (Å²) in [6, 6.07) is 1.50. The quantitative estimate of drug-likeness (QED) is 0.476. The van der Waals surface area contributed by atoms with Crippen LogP contribution in [0, 0.1) is 0 Å². The molecule has 8 heteroatoms. The van der Waals surface area contributed by atoms with Gasteiger partial charge in [-0.25, -0.2) is 8.42 Å². The van der Waals surface area contributed by atoms with Gasteiger partial charge in [0.1, 0.15) is 0 Å². The zero-order valence-corrected chi connectivity index (χ0v) is 10.8. The van der Waals surface area contributed by atoms with Crippen molar-refractivity contribution in [3.8, 4) is 0 Å². The lowest BCUT2D eigenvalue weighted by Gasteiger charge is -2.08. The maximum Gasteiger partial charge on any atom is 0.253 e. The fraction of sp³-hybridized carbons (Fsp3) is 0.400. The third-order valence-electron chi connectivity index (χ3n) is 2.36. The molecule has 0 fully saturated rings. The largest absolute Gasteiger partial charge is 0.351 e. The number of nitrogens with two attached hydrogens (primary N) is 1. The summed E-state index contributed by atoms with van der Waals surface area (Å²) in [5, 5.41) is 2.52. The molecule has 1 aromatic heterocycles. The molecule has 1 heterocycles.